The standard InChI is InChI=1S/C12H15ClN2O2S/c1-18-10-4-2-3-9(10)15-11-8(13)5-7(6-14-11)12(16)17/h5-6,9-10H,2-4H2,1H3,(H,14,15)(H,16,17). The second-order valence-corrected chi connectivity index (χ2v) is 5.80. The Hall–Kier alpha value is -0.940. The van der Waals surface area contributed by atoms with E-state index in [4.69, 9.17) is 16.7 Å². The van der Waals surface area contributed by atoms with Crippen molar-refractivity contribution in [1.82, 2.24) is 4.98 Å². The number of thioether (sulfide) groups is 1. The zero-order valence-electron chi connectivity index (χ0n) is 10.0. The van der Waals surface area contributed by atoms with Gasteiger partial charge in [0.2, 0.25) is 0 Å². The highest BCUT2D eigenvalue weighted by Crippen LogP contribution is 2.32. The van der Waals surface area contributed by atoms with Gasteiger partial charge in [-0.05, 0) is 25.2 Å². The van der Waals surface area contributed by atoms with E-state index in [1.54, 1.807) is 0 Å². The molecule has 2 N–H and O–H groups in total. The molecular weight excluding hydrogens is 272 g/mol. The molecular formula is C12H15ClN2O2S. The van der Waals surface area contributed by atoms with Crippen LogP contribution in [0, 0.1) is 0 Å². The van der Waals surface area contributed by atoms with E-state index >= 15 is 0 Å². The monoisotopic (exact) mass is 286 g/mol. The summed E-state index contributed by atoms with van der Waals surface area (Å²) in [5.41, 5.74) is 0.110. The van der Waals surface area contributed by atoms with Gasteiger partial charge in [-0.15, -0.1) is 0 Å². The Morgan fingerprint density at radius 3 is 3.00 bits per heavy atom. The number of aromatic carboxylic acids is 1. The van der Waals surface area contributed by atoms with Crippen molar-refractivity contribution in [2.45, 2.75) is 30.6 Å². The quantitative estimate of drug-likeness (QED) is 0.890. The summed E-state index contributed by atoms with van der Waals surface area (Å²) in [5, 5.41) is 13.1. The van der Waals surface area contributed by atoms with Gasteiger partial charge in [0.15, 0.2) is 0 Å². The fourth-order valence-electron chi connectivity index (χ4n) is 2.21. The number of carbonyl (C=O) groups is 1. The molecule has 1 aliphatic carbocycles. The average molecular weight is 287 g/mol. The van der Waals surface area contributed by atoms with Gasteiger partial charge in [0.05, 0.1) is 10.6 Å². The van der Waals surface area contributed by atoms with Gasteiger partial charge in [-0.1, -0.05) is 18.0 Å². The van der Waals surface area contributed by atoms with Gasteiger partial charge in [-0.3, -0.25) is 0 Å². The van der Waals surface area contributed by atoms with Crippen molar-refractivity contribution >= 4 is 35.1 Å². The van der Waals surface area contributed by atoms with E-state index < -0.39 is 5.97 Å². The Labute approximate surface area is 115 Å². The molecule has 0 amide bonds. The summed E-state index contributed by atoms with van der Waals surface area (Å²) in [7, 11) is 0. The van der Waals surface area contributed by atoms with Crippen molar-refractivity contribution in [3.63, 3.8) is 0 Å². The third-order valence-corrected chi connectivity index (χ3v) is 4.62. The van der Waals surface area contributed by atoms with Crippen molar-refractivity contribution < 1.29 is 9.90 Å². The molecule has 0 spiro atoms. The van der Waals surface area contributed by atoms with Crippen LogP contribution in [0.2, 0.25) is 5.02 Å². The minimum absolute atomic E-state index is 0.110. The zero-order valence-corrected chi connectivity index (χ0v) is 11.6. The average Bonchev–Trinajstić information content (AvgIpc) is 2.78. The number of anilines is 1. The number of nitrogens with zero attached hydrogens (tertiary/aromatic N) is 1. The zero-order chi connectivity index (χ0) is 13.1. The number of rotatable bonds is 4. The lowest BCUT2D eigenvalue weighted by Gasteiger charge is -2.20. The molecule has 1 aromatic heterocycles. The van der Waals surface area contributed by atoms with Gasteiger partial charge in [0.1, 0.15) is 5.82 Å². The highest BCUT2D eigenvalue weighted by Gasteiger charge is 2.27. The Balaban J connectivity index is 2.12. The predicted molar refractivity (Wildman–Crippen MR) is 74.8 cm³/mol. The fourth-order valence-corrected chi connectivity index (χ4v) is 3.37. The van der Waals surface area contributed by atoms with Crippen LogP contribution >= 0.6 is 23.4 Å². The van der Waals surface area contributed by atoms with Crippen molar-refractivity contribution in [3.8, 4) is 0 Å². The van der Waals surface area contributed by atoms with E-state index in [0.29, 0.717) is 22.1 Å². The fraction of sp³-hybridized carbons (Fsp3) is 0.500. The molecule has 0 radical (unpaired) electrons. The number of nitrogens with one attached hydrogen (secondary N) is 1. The first-order valence-electron chi connectivity index (χ1n) is 5.80. The van der Waals surface area contributed by atoms with Gasteiger partial charge in [0, 0.05) is 17.5 Å². The van der Waals surface area contributed by atoms with E-state index in [0.717, 1.165) is 6.42 Å². The Bertz CT molecular complexity index is 456. The van der Waals surface area contributed by atoms with Crippen LogP contribution in [0.15, 0.2) is 12.3 Å². The van der Waals surface area contributed by atoms with Crippen LogP contribution < -0.4 is 5.32 Å². The van der Waals surface area contributed by atoms with Gasteiger partial charge >= 0.3 is 5.97 Å². The summed E-state index contributed by atoms with van der Waals surface area (Å²) in [4.78, 5) is 14.9. The van der Waals surface area contributed by atoms with Crippen LogP contribution in [0.25, 0.3) is 0 Å². The molecule has 18 heavy (non-hydrogen) atoms. The van der Waals surface area contributed by atoms with Crippen LogP contribution in [0.1, 0.15) is 29.6 Å². The third-order valence-electron chi connectivity index (χ3n) is 3.17. The molecule has 2 unspecified atom stereocenters. The molecule has 2 rings (SSSR count). The number of carboxylic acid groups (broad SMARTS) is 1. The van der Waals surface area contributed by atoms with E-state index in [-0.39, 0.29) is 5.56 Å². The summed E-state index contributed by atoms with van der Waals surface area (Å²) in [6.45, 7) is 0. The third kappa shape index (κ3) is 2.90. The molecule has 0 saturated heterocycles. The number of hydrogen-bond donors (Lipinski definition) is 2. The highest BCUT2D eigenvalue weighted by atomic mass is 35.5. The first kappa shape index (κ1) is 13.5. The molecule has 98 valence electrons. The number of halogens is 1. The minimum Gasteiger partial charge on any atom is -0.478 e. The van der Waals surface area contributed by atoms with Gasteiger partial charge in [0.25, 0.3) is 0 Å². The number of pyridine rings is 1. The number of carboxylic acids is 1. The topological polar surface area (TPSA) is 62.2 Å². The molecule has 1 fully saturated rings. The van der Waals surface area contributed by atoms with E-state index in [1.807, 2.05) is 11.8 Å². The van der Waals surface area contributed by atoms with E-state index in [1.165, 1.54) is 25.1 Å². The van der Waals surface area contributed by atoms with E-state index in [9.17, 15) is 4.79 Å². The molecule has 2 atom stereocenters. The smallest absolute Gasteiger partial charge is 0.337 e. The highest BCUT2D eigenvalue weighted by molar-refractivity contribution is 7.99. The van der Waals surface area contributed by atoms with Crippen molar-refractivity contribution in [1.29, 1.82) is 0 Å². The predicted octanol–water partition coefficient (Wildman–Crippen LogP) is 3.13. The summed E-state index contributed by atoms with van der Waals surface area (Å²) in [6.07, 6.45) is 6.94. The largest absolute Gasteiger partial charge is 0.478 e. The molecule has 6 heteroatoms. The van der Waals surface area contributed by atoms with Crippen molar-refractivity contribution in [2.75, 3.05) is 11.6 Å². The molecule has 1 aromatic rings. The van der Waals surface area contributed by atoms with Gasteiger partial charge in [-0.2, -0.15) is 11.8 Å². The molecule has 1 aliphatic rings. The Morgan fingerprint density at radius 1 is 1.61 bits per heavy atom. The van der Waals surface area contributed by atoms with Crippen LogP contribution in [0.5, 0.6) is 0 Å². The lowest BCUT2D eigenvalue weighted by Crippen LogP contribution is -2.26. The maximum Gasteiger partial charge on any atom is 0.337 e. The summed E-state index contributed by atoms with van der Waals surface area (Å²) in [5.74, 6) is -0.438. The summed E-state index contributed by atoms with van der Waals surface area (Å²) in [6, 6.07) is 1.79. The van der Waals surface area contributed by atoms with Crippen LogP contribution in [-0.2, 0) is 0 Å². The SMILES string of the molecule is CSC1CCCC1Nc1ncc(C(=O)O)cc1Cl. The van der Waals surface area contributed by atoms with Crippen molar-refractivity contribution in [2.24, 2.45) is 0 Å². The van der Waals surface area contributed by atoms with Crippen LogP contribution in [-0.4, -0.2) is 33.6 Å². The number of hydrogen-bond acceptors (Lipinski definition) is 4. The minimum atomic E-state index is -1.01. The number of aromatic nitrogens is 1. The van der Waals surface area contributed by atoms with Gasteiger partial charge in [-0.25, -0.2) is 9.78 Å². The second-order valence-electron chi connectivity index (χ2n) is 4.32. The normalized spacial score (nSPS) is 23.0. The van der Waals surface area contributed by atoms with Crippen LogP contribution in [0.4, 0.5) is 5.82 Å². The first-order chi connectivity index (χ1) is 8.61. The lowest BCUT2D eigenvalue weighted by atomic mass is 10.2. The lowest BCUT2D eigenvalue weighted by molar-refractivity contribution is 0.0696. The first-order valence-corrected chi connectivity index (χ1v) is 7.46. The van der Waals surface area contributed by atoms with E-state index in [2.05, 4.69) is 16.6 Å². The van der Waals surface area contributed by atoms with Gasteiger partial charge < -0.3 is 10.4 Å². The molecule has 0 aromatic carbocycles. The Morgan fingerprint density at radius 2 is 2.39 bits per heavy atom. The molecule has 1 saturated carbocycles. The van der Waals surface area contributed by atoms with Crippen molar-refractivity contribution in [3.05, 3.63) is 22.8 Å². The maximum atomic E-state index is 10.8. The summed E-state index contributed by atoms with van der Waals surface area (Å²) < 4.78 is 0. The second kappa shape index (κ2) is 5.80. The maximum absolute atomic E-state index is 10.8. The molecule has 0 aliphatic heterocycles. The molecule has 1 heterocycles. The Kier molecular flexibility index (Phi) is 4.35. The molecule has 4 nitrogen and oxygen atoms in total. The molecule has 0 bridgehead atoms. The van der Waals surface area contributed by atoms with Crippen LogP contribution in [0.3, 0.4) is 0 Å². The summed E-state index contributed by atoms with van der Waals surface area (Å²) >= 11 is 7.89.